The summed E-state index contributed by atoms with van der Waals surface area (Å²) in [7, 11) is 0. The van der Waals surface area contributed by atoms with E-state index in [1.807, 2.05) is 22.9 Å². The molecule has 0 amide bonds. The van der Waals surface area contributed by atoms with Gasteiger partial charge >= 0.3 is 0 Å². The summed E-state index contributed by atoms with van der Waals surface area (Å²) in [4.78, 5) is 18.8. The van der Waals surface area contributed by atoms with Crippen LogP contribution in [0.1, 0.15) is 16.1 Å². The number of aromatic nitrogens is 1. The van der Waals surface area contributed by atoms with Gasteiger partial charge in [0, 0.05) is 24.0 Å². The van der Waals surface area contributed by atoms with Crippen LogP contribution in [0.3, 0.4) is 0 Å². The lowest BCUT2D eigenvalue weighted by Crippen LogP contribution is -2.36. The van der Waals surface area contributed by atoms with E-state index in [0.29, 0.717) is 15.9 Å². The van der Waals surface area contributed by atoms with Gasteiger partial charge < -0.3 is 9.64 Å². The highest BCUT2D eigenvalue weighted by Gasteiger charge is 2.17. The zero-order valence-corrected chi connectivity index (χ0v) is 13.1. The fourth-order valence-electron chi connectivity index (χ4n) is 2.14. The number of anilines is 1. The van der Waals surface area contributed by atoms with E-state index in [9.17, 15) is 4.79 Å². The maximum absolute atomic E-state index is 12.2. The van der Waals surface area contributed by atoms with Gasteiger partial charge in [-0.1, -0.05) is 0 Å². The summed E-state index contributed by atoms with van der Waals surface area (Å²) in [5, 5.41) is 3.73. The van der Waals surface area contributed by atoms with E-state index in [2.05, 4.69) is 25.8 Å². The molecule has 2 aromatic rings. The lowest BCUT2D eigenvalue weighted by molar-refractivity contribution is 0.103. The molecular formula is C14H13BrN2O2S. The number of thiophene rings is 1. The van der Waals surface area contributed by atoms with Gasteiger partial charge in [-0.05, 0) is 39.5 Å². The Labute approximate surface area is 129 Å². The number of hydrogen-bond acceptors (Lipinski definition) is 5. The summed E-state index contributed by atoms with van der Waals surface area (Å²) in [5.74, 6) is -0.0412. The third-order valence-corrected chi connectivity index (χ3v) is 4.46. The summed E-state index contributed by atoms with van der Waals surface area (Å²) >= 11 is 4.98. The highest BCUT2D eigenvalue weighted by molar-refractivity contribution is 9.10. The fraction of sp³-hybridized carbons (Fsp3) is 0.286. The molecule has 0 spiro atoms. The van der Waals surface area contributed by atoms with Crippen molar-refractivity contribution in [2.45, 2.75) is 0 Å². The van der Waals surface area contributed by atoms with Crippen molar-refractivity contribution in [2.24, 2.45) is 0 Å². The average Bonchev–Trinajstić information content (AvgIpc) is 3.01. The van der Waals surface area contributed by atoms with Gasteiger partial charge in [0.05, 0.1) is 18.9 Å². The van der Waals surface area contributed by atoms with Crippen LogP contribution in [0.2, 0.25) is 0 Å². The molecule has 0 atom stereocenters. The molecule has 0 aliphatic carbocycles. The third-order valence-electron chi connectivity index (χ3n) is 3.20. The standard InChI is InChI=1S/C14H13BrN2O2S/c15-14-12(17-4-6-19-7-5-17)2-1-11(16-14)13(18)10-3-8-20-9-10/h1-3,8-9H,4-7H2. The summed E-state index contributed by atoms with van der Waals surface area (Å²) < 4.78 is 6.05. The third kappa shape index (κ3) is 2.77. The van der Waals surface area contributed by atoms with Crippen LogP contribution in [-0.2, 0) is 4.74 Å². The number of pyridine rings is 1. The van der Waals surface area contributed by atoms with Crippen LogP contribution in [0.5, 0.6) is 0 Å². The van der Waals surface area contributed by atoms with Crippen LogP contribution in [0, 0.1) is 0 Å². The van der Waals surface area contributed by atoms with Gasteiger partial charge in [-0.2, -0.15) is 11.3 Å². The van der Waals surface area contributed by atoms with Crippen LogP contribution < -0.4 is 4.90 Å². The lowest BCUT2D eigenvalue weighted by Gasteiger charge is -2.29. The molecule has 1 aliphatic heterocycles. The first-order valence-corrected chi connectivity index (χ1v) is 8.05. The summed E-state index contributed by atoms with van der Waals surface area (Å²) in [6.45, 7) is 3.14. The Kier molecular flexibility index (Phi) is 4.14. The van der Waals surface area contributed by atoms with Crippen LogP contribution >= 0.6 is 27.3 Å². The van der Waals surface area contributed by atoms with Crippen LogP contribution in [0.15, 0.2) is 33.6 Å². The minimum Gasteiger partial charge on any atom is -0.378 e. The van der Waals surface area contributed by atoms with E-state index in [0.717, 1.165) is 32.0 Å². The normalized spacial score (nSPS) is 15.3. The number of ether oxygens (including phenoxy) is 1. The van der Waals surface area contributed by atoms with E-state index in [-0.39, 0.29) is 5.78 Å². The van der Waals surface area contributed by atoms with Crippen LogP contribution in [-0.4, -0.2) is 37.1 Å². The molecule has 104 valence electrons. The van der Waals surface area contributed by atoms with Gasteiger partial charge in [0.2, 0.25) is 5.78 Å². The fourth-order valence-corrected chi connectivity index (χ4v) is 3.35. The largest absolute Gasteiger partial charge is 0.378 e. The molecule has 4 nitrogen and oxygen atoms in total. The smallest absolute Gasteiger partial charge is 0.212 e. The van der Waals surface area contributed by atoms with E-state index in [1.165, 1.54) is 11.3 Å². The molecule has 20 heavy (non-hydrogen) atoms. The topological polar surface area (TPSA) is 42.4 Å². The molecule has 0 unspecified atom stereocenters. The first kappa shape index (κ1) is 13.7. The predicted octanol–water partition coefficient (Wildman–Crippen LogP) is 2.97. The summed E-state index contributed by atoms with van der Waals surface area (Å²) in [5.41, 5.74) is 2.16. The highest BCUT2D eigenvalue weighted by Crippen LogP contribution is 2.26. The number of hydrogen-bond donors (Lipinski definition) is 0. The van der Waals surface area contributed by atoms with Crippen LogP contribution in [0.4, 0.5) is 5.69 Å². The van der Waals surface area contributed by atoms with Crippen molar-refractivity contribution in [3.8, 4) is 0 Å². The Morgan fingerprint density at radius 1 is 1.30 bits per heavy atom. The zero-order valence-electron chi connectivity index (χ0n) is 10.7. The Balaban J connectivity index is 1.85. The van der Waals surface area contributed by atoms with Gasteiger partial charge in [-0.25, -0.2) is 4.98 Å². The van der Waals surface area contributed by atoms with Gasteiger partial charge in [0.25, 0.3) is 0 Å². The maximum atomic E-state index is 12.2. The molecule has 0 radical (unpaired) electrons. The average molecular weight is 353 g/mol. The highest BCUT2D eigenvalue weighted by atomic mass is 79.9. The molecule has 3 heterocycles. The number of halogens is 1. The lowest BCUT2D eigenvalue weighted by atomic mass is 10.1. The summed E-state index contributed by atoms with van der Waals surface area (Å²) in [6, 6.07) is 5.55. The summed E-state index contributed by atoms with van der Waals surface area (Å²) in [6.07, 6.45) is 0. The molecule has 0 saturated carbocycles. The number of carbonyl (C=O) groups is 1. The van der Waals surface area contributed by atoms with Crippen molar-refractivity contribution in [3.05, 3.63) is 44.8 Å². The first-order chi connectivity index (χ1) is 9.75. The van der Waals surface area contributed by atoms with Crippen molar-refractivity contribution in [1.82, 2.24) is 4.98 Å². The second-order valence-corrected chi connectivity index (χ2v) is 5.98. The molecule has 1 saturated heterocycles. The molecule has 6 heteroatoms. The first-order valence-electron chi connectivity index (χ1n) is 6.32. The number of ketones is 1. The zero-order chi connectivity index (χ0) is 13.9. The SMILES string of the molecule is O=C(c1ccsc1)c1ccc(N2CCOCC2)c(Br)n1. The number of carbonyl (C=O) groups excluding carboxylic acids is 1. The van der Waals surface area contributed by atoms with Gasteiger partial charge in [0.1, 0.15) is 10.3 Å². The molecule has 0 aromatic carbocycles. The monoisotopic (exact) mass is 352 g/mol. The van der Waals surface area contributed by atoms with Crippen molar-refractivity contribution < 1.29 is 9.53 Å². The maximum Gasteiger partial charge on any atom is 0.212 e. The molecule has 0 N–H and O–H groups in total. The minimum atomic E-state index is -0.0412. The number of nitrogens with zero attached hydrogens (tertiary/aromatic N) is 2. The van der Waals surface area contributed by atoms with E-state index < -0.39 is 0 Å². The number of rotatable bonds is 3. The van der Waals surface area contributed by atoms with Crippen molar-refractivity contribution in [3.63, 3.8) is 0 Å². The quantitative estimate of drug-likeness (QED) is 0.629. The van der Waals surface area contributed by atoms with E-state index in [4.69, 9.17) is 4.74 Å². The van der Waals surface area contributed by atoms with Crippen LogP contribution in [0.25, 0.3) is 0 Å². The molecule has 1 aliphatic rings. The Morgan fingerprint density at radius 3 is 2.75 bits per heavy atom. The minimum absolute atomic E-state index is 0.0412. The second kappa shape index (κ2) is 6.03. The van der Waals surface area contributed by atoms with Crippen molar-refractivity contribution >= 4 is 38.7 Å². The molecule has 2 aromatic heterocycles. The molecule has 0 bridgehead atoms. The van der Waals surface area contributed by atoms with Crippen molar-refractivity contribution in [1.29, 1.82) is 0 Å². The predicted molar refractivity (Wildman–Crippen MR) is 82.7 cm³/mol. The van der Waals surface area contributed by atoms with Crippen molar-refractivity contribution in [2.75, 3.05) is 31.2 Å². The number of morpholine rings is 1. The Morgan fingerprint density at radius 2 is 2.10 bits per heavy atom. The second-order valence-electron chi connectivity index (χ2n) is 4.45. The molecule has 1 fully saturated rings. The molecule has 3 rings (SSSR count). The Hall–Kier alpha value is -1.24. The van der Waals surface area contributed by atoms with Gasteiger partial charge in [0.15, 0.2) is 0 Å². The van der Waals surface area contributed by atoms with E-state index in [1.54, 1.807) is 6.07 Å². The molecular weight excluding hydrogens is 340 g/mol. The van der Waals surface area contributed by atoms with Gasteiger partial charge in [-0.15, -0.1) is 0 Å². The van der Waals surface area contributed by atoms with Gasteiger partial charge in [-0.3, -0.25) is 4.79 Å². The Bertz CT molecular complexity index is 610. The van der Waals surface area contributed by atoms with E-state index >= 15 is 0 Å².